The van der Waals surface area contributed by atoms with Crippen LogP contribution in [0.1, 0.15) is 28.1 Å². The van der Waals surface area contributed by atoms with Gasteiger partial charge in [0.2, 0.25) is 11.8 Å². The minimum Gasteiger partial charge on any atom is -0.360 e. The highest BCUT2D eigenvalue weighted by Gasteiger charge is 2.22. The first-order valence-corrected chi connectivity index (χ1v) is 11.9. The van der Waals surface area contributed by atoms with Crippen molar-refractivity contribution < 1.29 is 14.1 Å². The van der Waals surface area contributed by atoms with Gasteiger partial charge in [-0.25, -0.2) is 4.68 Å². The number of carbonyl (C=O) groups excluding carboxylic acids is 2. The fourth-order valence-corrected chi connectivity index (χ4v) is 4.22. The van der Waals surface area contributed by atoms with Gasteiger partial charge in [-0.1, -0.05) is 46.6 Å². The number of hydrogen-bond donors (Lipinski definition) is 1. The summed E-state index contributed by atoms with van der Waals surface area (Å²) in [4.78, 5) is 28.7. The molecule has 9 nitrogen and oxygen atoms in total. The molecule has 1 aromatic carbocycles. The van der Waals surface area contributed by atoms with Crippen LogP contribution in [0.15, 0.2) is 40.9 Å². The Morgan fingerprint density at radius 3 is 2.49 bits per heavy atom. The quantitative estimate of drug-likeness (QED) is 0.504. The maximum atomic E-state index is 12.7. The van der Waals surface area contributed by atoms with E-state index in [9.17, 15) is 9.59 Å². The van der Waals surface area contributed by atoms with Crippen molar-refractivity contribution in [1.82, 2.24) is 24.7 Å². The third kappa shape index (κ3) is 6.37. The first kappa shape index (κ1) is 24.7. The van der Waals surface area contributed by atoms with Gasteiger partial charge in [-0.2, -0.15) is 5.10 Å². The minimum absolute atomic E-state index is 0.0890. The highest BCUT2D eigenvalue weighted by atomic mass is 35.5. The highest BCUT2D eigenvalue weighted by Crippen LogP contribution is 2.22. The van der Waals surface area contributed by atoms with Gasteiger partial charge in [-0.15, -0.1) is 0 Å². The summed E-state index contributed by atoms with van der Waals surface area (Å²) in [6.07, 6.45) is 3.28. The second kappa shape index (κ2) is 10.9. The van der Waals surface area contributed by atoms with Crippen LogP contribution in [0.25, 0.3) is 6.08 Å². The molecule has 0 atom stereocenters. The van der Waals surface area contributed by atoms with E-state index in [1.807, 2.05) is 18.7 Å². The molecule has 2 amide bonds. The number of hydrogen-bond acceptors (Lipinski definition) is 6. The summed E-state index contributed by atoms with van der Waals surface area (Å²) in [5, 5.41) is 11.5. The lowest BCUT2D eigenvalue weighted by Gasteiger charge is -2.33. The molecule has 1 aliphatic rings. The molecule has 3 aromatic rings. The summed E-state index contributed by atoms with van der Waals surface area (Å²) in [6.45, 7) is 8.79. The molecule has 0 bridgehead atoms. The van der Waals surface area contributed by atoms with E-state index in [0.29, 0.717) is 49.5 Å². The van der Waals surface area contributed by atoms with E-state index in [2.05, 4.69) is 39.8 Å². The van der Waals surface area contributed by atoms with Crippen molar-refractivity contribution in [3.63, 3.8) is 0 Å². The summed E-state index contributed by atoms with van der Waals surface area (Å²) in [7, 11) is 0. The summed E-state index contributed by atoms with van der Waals surface area (Å²) in [6, 6.07) is 9.90. The van der Waals surface area contributed by atoms with E-state index in [1.54, 1.807) is 34.7 Å². The van der Waals surface area contributed by atoms with Crippen molar-refractivity contribution in [1.29, 1.82) is 0 Å². The van der Waals surface area contributed by atoms with E-state index < -0.39 is 0 Å². The van der Waals surface area contributed by atoms with Crippen molar-refractivity contribution in [2.24, 2.45) is 0 Å². The molecule has 1 N–H and O–H groups in total. The lowest BCUT2D eigenvalue weighted by Crippen LogP contribution is -2.50. The predicted molar refractivity (Wildman–Crippen MR) is 134 cm³/mol. The molecule has 4 rings (SSSR count). The Kier molecular flexibility index (Phi) is 7.67. The van der Waals surface area contributed by atoms with Crippen LogP contribution in [0.4, 0.5) is 5.82 Å². The molecule has 1 aliphatic heterocycles. The fraction of sp³-hybridized carbons (Fsp3) is 0.360. The molecule has 35 heavy (non-hydrogen) atoms. The number of nitrogens with one attached hydrogen (secondary N) is 1. The van der Waals surface area contributed by atoms with E-state index in [4.69, 9.17) is 16.1 Å². The molecular formula is C25H29ClN6O3. The Morgan fingerprint density at radius 1 is 1.11 bits per heavy atom. The summed E-state index contributed by atoms with van der Waals surface area (Å²) < 4.78 is 6.70. The summed E-state index contributed by atoms with van der Waals surface area (Å²) in [5.74, 6) is 0.790. The maximum absolute atomic E-state index is 12.7. The average molecular weight is 497 g/mol. The van der Waals surface area contributed by atoms with Gasteiger partial charge in [0.05, 0.1) is 18.8 Å². The maximum Gasteiger partial charge on any atom is 0.246 e. The number of amides is 2. The Bertz CT molecular complexity index is 1220. The third-order valence-electron chi connectivity index (χ3n) is 5.90. The van der Waals surface area contributed by atoms with E-state index in [0.717, 1.165) is 16.8 Å². The SMILES string of the molecule is Cc1ccc(Cn2nc(C)c(/C=C/C(=O)N3CCN(CC(=O)Nc4cc(C)on4)CC3)c2Cl)cc1. The second-order valence-electron chi connectivity index (χ2n) is 8.74. The van der Waals surface area contributed by atoms with Gasteiger partial charge in [0.15, 0.2) is 5.82 Å². The standard InChI is InChI=1S/C25H29ClN6O3/c1-17-4-6-20(7-5-17)15-32-25(26)21(19(3)28-32)8-9-24(34)31-12-10-30(11-13-31)16-23(33)27-22-14-18(2)35-29-22/h4-9,14H,10-13,15-16H2,1-3H3,(H,27,29,33)/b9-8+. The first-order chi connectivity index (χ1) is 16.8. The van der Waals surface area contributed by atoms with Gasteiger partial charge < -0.3 is 14.7 Å². The van der Waals surface area contributed by atoms with Gasteiger partial charge >= 0.3 is 0 Å². The number of aryl methyl sites for hydroxylation is 3. The number of anilines is 1. The zero-order valence-electron chi connectivity index (χ0n) is 20.1. The van der Waals surface area contributed by atoms with Crippen LogP contribution in [0, 0.1) is 20.8 Å². The molecule has 184 valence electrons. The normalized spacial score (nSPS) is 14.6. The zero-order chi connectivity index (χ0) is 24.9. The molecule has 1 fully saturated rings. The average Bonchev–Trinajstić information content (AvgIpc) is 3.35. The van der Waals surface area contributed by atoms with Crippen molar-refractivity contribution >= 4 is 35.3 Å². The number of aromatic nitrogens is 3. The minimum atomic E-state index is -0.161. The Balaban J connectivity index is 1.29. The topological polar surface area (TPSA) is 96.5 Å². The van der Waals surface area contributed by atoms with Gasteiger partial charge in [0, 0.05) is 43.9 Å². The summed E-state index contributed by atoms with van der Waals surface area (Å²) >= 11 is 6.58. The molecule has 0 aliphatic carbocycles. The van der Waals surface area contributed by atoms with Gasteiger partial charge in [-0.05, 0) is 32.4 Å². The first-order valence-electron chi connectivity index (χ1n) is 11.5. The van der Waals surface area contributed by atoms with E-state index in [-0.39, 0.29) is 18.4 Å². The molecule has 1 saturated heterocycles. The smallest absolute Gasteiger partial charge is 0.246 e. The third-order valence-corrected chi connectivity index (χ3v) is 6.30. The lowest BCUT2D eigenvalue weighted by atomic mass is 10.1. The lowest BCUT2D eigenvalue weighted by molar-refractivity contribution is -0.127. The molecular weight excluding hydrogens is 468 g/mol. The predicted octanol–water partition coefficient (Wildman–Crippen LogP) is 3.29. The second-order valence-corrected chi connectivity index (χ2v) is 9.10. The van der Waals surface area contributed by atoms with Crippen LogP contribution in [0.2, 0.25) is 5.15 Å². The molecule has 3 heterocycles. The molecule has 0 radical (unpaired) electrons. The Hall–Kier alpha value is -3.43. The van der Waals surface area contributed by atoms with Crippen molar-refractivity contribution in [3.05, 3.63) is 69.7 Å². The number of piperazine rings is 1. The molecule has 2 aromatic heterocycles. The van der Waals surface area contributed by atoms with Crippen molar-refractivity contribution in [2.45, 2.75) is 27.3 Å². The van der Waals surface area contributed by atoms with E-state index in [1.165, 1.54) is 5.56 Å². The summed E-state index contributed by atoms with van der Waals surface area (Å²) in [5.41, 5.74) is 3.81. The number of carbonyl (C=O) groups is 2. The van der Waals surface area contributed by atoms with Crippen molar-refractivity contribution in [3.8, 4) is 0 Å². The number of nitrogens with zero attached hydrogens (tertiary/aromatic N) is 5. The van der Waals surface area contributed by atoms with Gasteiger partial charge in [-0.3, -0.25) is 14.5 Å². The van der Waals surface area contributed by atoms with Crippen LogP contribution in [0.5, 0.6) is 0 Å². The van der Waals surface area contributed by atoms with Gasteiger partial charge in [0.1, 0.15) is 10.9 Å². The molecule has 0 spiro atoms. The number of halogens is 1. The highest BCUT2D eigenvalue weighted by molar-refractivity contribution is 6.31. The Morgan fingerprint density at radius 2 is 1.83 bits per heavy atom. The van der Waals surface area contributed by atoms with Crippen LogP contribution in [0.3, 0.4) is 0 Å². The van der Waals surface area contributed by atoms with Gasteiger partial charge in [0.25, 0.3) is 0 Å². The van der Waals surface area contributed by atoms with Crippen molar-refractivity contribution in [2.75, 3.05) is 38.0 Å². The van der Waals surface area contributed by atoms with Crippen LogP contribution >= 0.6 is 11.6 Å². The molecule has 0 unspecified atom stereocenters. The number of rotatable bonds is 7. The largest absolute Gasteiger partial charge is 0.360 e. The fourth-order valence-electron chi connectivity index (χ4n) is 3.92. The Labute approximate surface area is 209 Å². The molecule has 0 saturated carbocycles. The van der Waals surface area contributed by atoms with Crippen LogP contribution in [-0.4, -0.2) is 69.3 Å². The number of benzene rings is 1. The zero-order valence-corrected chi connectivity index (χ0v) is 20.9. The monoisotopic (exact) mass is 496 g/mol. The van der Waals surface area contributed by atoms with Crippen LogP contribution < -0.4 is 5.32 Å². The van der Waals surface area contributed by atoms with Crippen LogP contribution in [-0.2, 0) is 16.1 Å². The molecule has 10 heteroatoms. The van der Waals surface area contributed by atoms with E-state index >= 15 is 0 Å².